The molecule has 112 valence electrons. The molecule has 3 heterocycles. The van der Waals surface area contributed by atoms with E-state index in [4.69, 9.17) is 0 Å². The van der Waals surface area contributed by atoms with E-state index < -0.39 is 0 Å². The number of hydrogen-bond acceptors (Lipinski definition) is 1. The molecule has 2 saturated heterocycles. The summed E-state index contributed by atoms with van der Waals surface area (Å²) in [4.78, 5) is 2.82. The molecular formula is C21H23N. The molecule has 3 aliphatic rings. The summed E-state index contributed by atoms with van der Waals surface area (Å²) in [7, 11) is 0. The lowest BCUT2D eigenvalue weighted by molar-refractivity contribution is 0.0830. The SMILES string of the molecule is Cc1ccc([C@H]2C[C@@H]3CC[C@@H]4[C@H]2c2ccccc2CN34)cc1. The van der Waals surface area contributed by atoms with E-state index in [0.717, 1.165) is 12.1 Å². The van der Waals surface area contributed by atoms with Crippen LogP contribution in [0, 0.1) is 6.92 Å². The molecule has 0 saturated carbocycles. The molecule has 3 aliphatic heterocycles. The van der Waals surface area contributed by atoms with Crippen LogP contribution in [-0.4, -0.2) is 17.0 Å². The topological polar surface area (TPSA) is 3.24 Å². The predicted molar refractivity (Wildman–Crippen MR) is 90.1 cm³/mol. The summed E-state index contributed by atoms with van der Waals surface area (Å²) >= 11 is 0. The monoisotopic (exact) mass is 289 g/mol. The van der Waals surface area contributed by atoms with Crippen molar-refractivity contribution in [1.82, 2.24) is 4.90 Å². The van der Waals surface area contributed by atoms with Gasteiger partial charge in [0.1, 0.15) is 0 Å². The van der Waals surface area contributed by atoms with Gasteiger partial charge in [-0.1, -0.05) is 54.1 Å². The first-order valence-electron chi connectivity index (χ1n) is 8.71. The van der Waals surface area contributed by atoms with Crippen LogP contribution in [0.25, 0.3) is 0 Å². The summed E-state index contributed by atoms with van der Waals surface area (Å²) < 4.78 is 0. The lowest BCUT2D eigenvalue weighted by Crippen LogP contribution is -2.49. The molecule has 22 heavy (non-hydrogen) atoms. The summed E-state index contributed by atoms with van der Waals surface area (Å²) in [5, 5.41) is 0. The van der Waals surface area contributed by atoms with Crippen LogP contribution in [0.4, 0.5) is 0 Å². The van der Waals surface area contributed by atoms with Gasteiger partial charge in [0.2, 0.25) is 0 Å². The fourth-order valence-corrected chi connectivity index (χ4v) is 5.34. The van der Waals surface area contributed by atoms with Crippen LogP contribution in [-0.2, 0) is 6.54 Å². The van der Waals surface area contributed by atoms with Gasteiger partial charge in [0.25, 0.3) is 0 Å². The summed E-state index contributed by atoms with van der Waals surface area (Å²) in [6, 6.07) is 20.1. The third-order valence-electron chi connectivity index (χ3n) is 6.34. The van der Waals surface area contributed by atoms with E-state index in [1.165, 1.54) is 31.4 Å². The van der Waals surface area contributed by atoms with E-state index in [1.807, 2.05) is 0 Å². The molecule has 5 rings (SSSR count). The fraction of sp³-hybridized carbons (Fsp3) is 0.429. The lowest BCUT2D eigenvalue weighted by atomic mass is 9.69. The summed E-state index contributed by atoms with van der Waals surface area (Å²) in [5.41, 5.74) is 6.14. The third-order valence-corrected chi connectivity index (χ3v) is 6.34. The van der Waals surface area contributed by atoms with Crippen molar-refractivity contribution in [1.29, 1.82) is 0 Å². The van der Waals surface area contributed by atoms with Crippen LogP contribution in [0.15, 0.2) is 48.5 Å². The number of nitrogens with zero attached hydrogens (tertiary/aromatic N) is 1. The Morgan fingerprint density at radius 2 is 1.77 bits per heavy atom. The molecule has 4 bridgehead atoms. The van der Waals surface area contributed by atoms with Crippen LogP contribution < -0.4 is 0 Å². The molecule has 0 radical (unpaired) electrons. The molecule has 0 aliphatic carbocycles. The highest BCUT2D eigenvalue weighted by atomic mass is 15.2. The van der Waals surface area contributed by atoms with Gasteiger partial charge in [0.15, 0.2) is 0 Å². The highest BCUT2D eigenvalue weighted by Gasteiger charge is 2.50. The van der Waals surface area contributed by atoms with Gasteiger partial charge < -0.3 is 0 Å². The standard InChI is InChI=1S/C21H23N/c1-14-6-8-15(9-7-14)19-12-17-10-11-20-21(19)18-5-3-2-4-16(18)13-22(17)20/h2-9,17,19-21H,10-13H2,1H3/t17-,19+,20+,21-/m0/s1. The minimum atomic E-state index is 0.700. The van der Waals surface area contributed by atoms with E-state index in [1.54, 1.807) is 16.7 Å². The number of benzene rings is 2. The van der Waals surface area contributed by atoms with Gasteiger partial charge in [-0.05, 0) is 48.8 Å². The van der Waals surface area contributed by atoms with Gasteiger partial charge in [0.05, 0.1) is 0 Å². The normalized spacial score (nSPS) is 35.2. The second-order valence-corrected chi connectivity index (χ2v) is 7.45. The smallest absolute Gasteiger partial charge is 0.0242 e. The van der Waals surface area contributed by atoms with E-state index in [0.29, 0.717) is 11.8 Å². The Bertz CT molecular complexity index is 702. The molecule has 1 nitrogen and oxygen atoms in total. The summed E-state index contributed by atoms with van der Waals surface area (Å²) in [6.45, 7) is 3.37. The van der Waals surface area contributed by atoms with Crippen molar-refractivity contribution in [2.24, 2.45) is 0 Å². The fourth-order valence-electron chi connectivity index (χ4n) is 5.34. The van der Waals surface area contributed by atoms with Crippen LogP contribution in [0.5, 0.6) is 0 Å². The van der Waals surface area contributed by atoms with E-state index in [-0.39, 0.29) is 0 Å². The molecule has 2 aromatic carbocycles. The highest BCUT2D eigenvalue weighted by molar-refractivity contribution is 5.41. The zero-order valence-electron chi connectivity index (χ0n) is 13.2. The molecule has 0 amide bonds. The van der Waals surface area contributed by atoms with Gasteiger partial charge in [-0.2, -0.15) is 0 Å². The minimum Gasteiger partial charge on any atom is -0.293 e. The van der Waals surface area contributed by atoms with Crippen molar-refractivity contribution in [3.8, 4) is 0 Å². The first kappa shape index (κ1) is 12.9. The van der Waals surface area contributed by atoms with Crippen molar-refractivity contribution in [2.75, 3.05) is 0 Å². The number of hydrogen-bond donors (Lipinski definition) is 0. The molecule has 0 spiro atoms. The molecular weight excluding hydrogens is 266 g/mol. The second-order valence-electron chi connectivity index (χ2n) is 7.45. The largest absolute Gasteiger partial charge is 0.293 e. The minimum absolute atomic E-state index is 0.700. The number of piperidine rings is 1. The summed E-state index contributed by atoms with van der Waals surface area (Å²) in [6.07, 6.45) is 4.14. The number of fused-ring (bicyclic) bond motifs is 2. The maximum absolute atomic E-state index is 2.82. The van der Waals surface area contributed by atoms with Gasteiger partial charge in [-0.3, -0.25) is 4.90 Å². The van der Waals surface area contributed by atoms with E-state index in [9.17, 15) is 0 Å². The average Bonchev–Trinajstić information content (AvgIpc) is 2.82. The van der Waals surface area contributed by atoms with Crippen molar-refractivity contribution in [3.05, 3.63) is 70.8 Å². The molecule has 1 heteroatoms. The molecule has 0 N–H and O–H groups in total. The molecule has 5 atom stereocenters. The van der Waals surface area contributed by atoms with Crippen LogP contribution in [0.3, 0.4) is 0 Å². The average molecular weight is 289 g/mol. The van der Waals surface area contributed by atoms with E-state index in [2.05, 4.69) is 60.4 Å². The molecule has 2 aromatic rings. The maximum Gasteiger partial charge on any atom is 0.0242 e. The Kier molecular flexibility index (Phi) is 2.75. The molecule has 1 unspecified atom stereocenters. The second kappa shape index (κ2) is 4.70. The van der Waals surface area contributed by atoms with Gasteiger partial charge in [-0.15, -0.1) is 0 Å². The first-order valence-corrected chi connectivity index (χ1v) is 8.71. The Labute approximate surface area is 133 Å². The Balaban J connectivity index is 1.64. The Morgan fingerprint density at radius 1 is 0.955 bits per heavy atom. The third kappa shape index (κ3) is 1.75. The highest BCUT2D eigenvalue weighted by Crippen LogP contribution is 2.55. The van der Waals surface area contributed by atoms with Crippen LogP contribution in [0.1, 0.15) is 53.4 Å². The van der Waals surface area contributed by atoms with Gasteiger partial charge >= 0.3 is 0 Å². The summed E-state index contributed by atoms with van der Waals surface area (Å²) in [5.74, 6) is 1.40. The van der Waals surface area contributed by atoms with Gasteiger partial charge in [-0.25, -0.2) is 0 Å². The van der Waals surface area contributed by atoms with Crippen LogP contribution in [0.2, 0.25) is 0 Å². The Morgan fingerprint density at radius 3 is 2.64 bits per heavy atom. The van der Waals surface area contributed by atoms with Crippen molar-refractivity contribution < 1.29 is 0 Å². The van der Waals surface area contributed by atoms with Crippen LogP contribution >= 0.6 is 0 Å². The van der Waals surface area contributed by atoms with Crippen molar-refractivity contribution in [2.45, 2.75) is 56.7 Å². The number of rotatable bonds is 1. The van der Waals surface area contributed by atoms with E-state index >= 15 is 0 Å². The first-order chi connectivity index (χ1) is 10.8. The quantitative estimate of drug-likeness (QED) is 0.741. The van der Waals surface area contributed by atoms with Crippen molar-refractivity contribution >= 4 is 0 Å². The Hall–Kier alpha value is -1.60. The maximum atomic E-state index is 2.82. The number of aryl methyl sites for hydroxylation is 1. The zero-order chi connectivity index (χ0) is 14.7. The van der Waals surface area contributed by atoms with Crippen molar-refractivity contribution in [3.63, 3.8) is 0 Å². The zero-order valence-corrected chi connectivity index (χ0v) is 13.2. The predicted octanol–water partition coefficient (Wildman–Crippen LogP) is 4.61. The molecule has 2 fully saturated rings. The lowest BCUT2D eigenvalue weighted by Gasteiger charge is -2.49. The van der Waals surface area contributed by atoms with Gasteiger partial charge in [0, 0.05) is 24.5 Å². The molecule has 0 aromatic heterocycles.